The van der Waals surface area contributed by atoms with Gasteiger partial charge in [0.25, 0.3) is 0 Å². The summed E-state index contributed by atoms with van der Waals surface area (Å²) in [4.78, 5) is 6.69. The summed E-state index contributed by atoms with van der Waals surface area (Å²) in [5.41, 5.74) is 1.14. The number of aromatic nitrogens is 1. The van der Waals surface area contributed by atoms with Crippen molar-refractivity contribution in [2.75, 3.05) is 18.5 Å². The Hall–Kier alpha value is -0.610. The fourth-order valence-electron chi connectivity index (χ4n) is 0.997. The van der Waals surface area contributed by atoms with Crippen molar-refractivity contribution in [2.24, 2.45) is 0 Å². The van der Waals surface area contributed by atoms with Crippen molar-refractivity contribution in [1.29, 1.82) is 0 Å². The normalized spacial score (nSPS) is 10.9. The van der Waals surface area contributed by atoms with E-state index >= 15 is 0 Å². The lowest BCUT2D eigenvalue weighted by Crippen LogP contribution is -2.22. The Balaban J connectivity index is 2.50. The van der Waals surface area contributed by atoms with Crippen LogP contribution in [0.2, 0.25) is 0 Å². The summed E-state index contributed by atoms with van der Waals surface area (Å²) in [5.74, 6) is 0. The van der Waals surface area contributed by atoms with Gasteiger partial charge in [-0.25, -0.2) is 4.98 Å². The third-order valence-electron chi connectivity index (χ3n) is 2.03. The van der Waals surface area contributed by atoms with Crippen LogP contribution in [0.4, 0.5) is 5.13 Å². The zero-order valence-corrected chi connectivity index (χ0v) is 10.2. The van der Waals surface area contributed by atoms with E-state index in [0.29, 0.717) is 6.04 Å². The maximum atomic E-state index is 4.53. The molecule has 3 nitrogen and oxygen atoms in total. The zero-order valence-electron chi connectivity index (χ0n) is 9.37. The van der Waals surface area contributed by atoms with Gasteiger partial charge in [0.1, 0.15) is 0 Å². The number of rotatable bonds is 5. The SMILES string of the molecule is CCN(C)c1nc(CNC(C)C)cs1. The molecule has 1 heterocycles. The van der Waals surface area contributed by atoms with E-state index in [-0.39, 0.29) is 0 Å². The minimum atomic E-state index is 0.518. The van der Waals surface area contributed by atoms with Gasteiger partial charge < -0.3 is 10.2 Å². The van der Waals surface area contributed by atoms with Gasteiger partial charge in [-0.15, -0.1) is 11.3 Å². The number of thiazole rings is 1. The molecule has 14 heavy (non-hydrogen) atoms. The summed E-state index contributed by atoms with van der Waals surface area (Å²) < 4.78 is 0. The standard InChI is InChI=1S/C10H19N3S/c1-5-13(4)10-12-9(7-14-10)6-11-8(2)3/h7-8,11H,5-6H2,1-4H3. The van der Waals surface area contributed by atoms with Gasteiger partial charge in [-0.1, -0.05) is 13.8 Å². The van der Waals surface area contributed by atoms with E-state index in [2.05, 4.69) is 48.4 Å². The minimum Gasteiger partial charge on any atom is -0.351 e. The monoisotopic (exact) mass is 213 g/mol. The molecule has 0 amide bonds. The van der Waals surface area contributed by atoms with Gasteiger partial charge in [-0.2, -0.15) is 0 Å². The average Bonchev–Trinajstić information content (AvgIpc) is 2.62. The first kappa shape index (κ1) is 11.5. The molecule has 0 aliphatic rings. The number of hydrogen-bond donors (Lipinski definition) is 1. The van der Waals surface area contributed by atoms with Crippen LogP contribution in [0.25, 0.3) is 0 Å². The molecule has 0 bridgehead atoms. The van der Waals surface area contributed by atoms with Crippen LogP contribution in [0.5, 0.6) is 0 Å². The van der Waals surface area contributed by atoms with Gasteiger partial charge >= 0.3 is 0 Å². The third-order valence-corrected chi connectivity index (χ3v) is 3.04. The first-order chi connectivity index (χ1) is 6.63. The van der Waals surface area contributed by atoms with Crippen molar-refractivity contribution in [1.82, 2.24) is 10.3 Å². The molecule has 1 aromatic rings. The average molecular weight is 213 g/mol. The van der Waals surface area contributed by atoms with Crippen LogP contribution in [0, 0.1) is 0 Å². The van der Waals surface area contributed by atoms with E-state index in [1.54, 1.807) is 11.3 Å². The van der Waals surface area contributed by atoms with Crippen LogP contribution < -0.4 is 10.2 Å². The lowest BCUT2D eigenvalue weighted by atomic mass is 10.4. The molecule has 0 spiro atoms. The molecular weight excluding hydrogens is 194 g/mol. The molecule has 0 aromatic carbocycles. The van der Waals surface area contributed by atoms with E-state index in [9.17, 15) is 0 Å². The second-order valence-corrected chi connectivity index (χ2v) is 4.51. The summed E-state index contributed by atoms with van der Waals surface area (Å²) in [5, 5.41) is 6.58. The largest absolute Gasteiger partial charge is 0.351 e. The van der Waals surface area contributed by atoms with Gasteiger partial charge in [0.2, 0.25) is 0 Å². The van der Waals surface area contributed by atoms with Crippen molar-refractivity contribution in [2.45, 2.75) is 33.4 Å². The molecule has 0 atom stereocenters. The van der Waals surface area contributed by atoms with E-state index in [0.717, 1.165) is 23.9 Å². The van der Waals surface area contributed by atoms with E-state index in [1.165, 1.54) is 0 Å². The highest BCUT2D eigenvalue weighted by atomic mass is 32.1. The van der Waals surface area contributed by atoms with Crippen molar-refractivity contribution < 1.29 is 0 Å². The smallest absolute Gasteiger partial charge is 0.185 e. The van der Waals surface area contributed by atoms with E-state index < -0.39 is 0 Å². The van der Waals surface area contributed by atoms with Crippen LogP contribution in [0.15, 0.2) is 5.38 Å². The molecule has 1 N–H and O–H groups in total. The highest BCUT2D eigenvalue weighted by Crippen LogP contribution is 2.18. The minimum absolute atomic E-state index is 0.518. The Labute approximate surface area is 90.2 Å². The number of nitrogens with one attached hydrogen (secondary N) is 1. The highest BCUT2D eigenvalue weighted by Gasteiger charge is 2.05. The summed E-state index contributed by atoms with van der Waals surface area (Å²) in [6.45, 7) is 8.29. The number of nitrogens with zero attached hydrogens (tertiary/aromatic N) is 2. The molecule has 0 unspecified atom stereocenters. The topological polar surface area (TPSA) is 28.2 Å². The van der Waals surface area contributed by atoms with Gasteiger partial charge in [0.05, 0.1) is 5.69 Å². The van der Waals surface area contributed by atoms with E-state index in [4.69, 9.17) is 0 Å². The highest BCUT2D eigenvalue weighted by molar-refractivity contribution is 7.13. The van der Waals surface area contributed by atoms with Crippen LogP contribution in [0.3, 0.4) is 0 Å². The fourth-order valence-corrected chi connectivity index (χ4v) is 1.85. The Bertz CT molecular complexity index is 270. The molecule has 4 heteroatoms. The van der Waals surface area contributed by atoms with Crippen LogP contribution in [0.1, 0.15) is 26.5 Å². The molecule has 0 saturated heterocycles. The first-order valence-electron chi connectivity index (χ1n) is 5.02. The van der Waals surface area contributed by atoms with Crippen LogP contribution >= 0.6 is 11.3 Å². The summed E-state index contributed by atoms with van der Waals surface area (Å²) >= 11 is 1.71. The first-order valence-corrected chi connectivity index (χ1v) is 5.90. The van der Waals surface area contributed by atoms with Crippen molar-refractivity contribution in [3.8, 4) is 0 Å². The summed E-state index contributed by atoms with van der Waals surface area (Å²) in [7, 11) is 2.07. The van der Waals surface area contributed by atoms with Crippen molar-refractivity contribution in [3.05, 3.63) is 11.1 Å². The lowest BCUT2D eigenvalue weighted by Gasteiger charge is -2.11. The Morgan fingerprint density at radius 3 is 2.86 bits per heavy atom. The van der Waals surface area contributed by atoms with Gasteiger partial charge in [-0.3, -0.25) is 0 Å². The number of hydrogen-bond acceptors (Lipinski definition) is 4. The van der Waals surface area contributed by atoms with Crippen LogP contribution in [-0.2, 0) is 6.54 Å². The summed E-state index contributed by atoms with van der Waals surface area (Å²) in [6.07, 6.45) is 0. The molecule has 0 radical (unpaired) electrons. The molecule has 0 aliphatic carbocycles. The molecule has 0 saturated carbocycles. The molecule has 0 aliphatic heterocycles. The quantitative estimate of drug-likeness (QED) is 0.812. The summed E-state index contributed by atoms with van der Waals surface area (Å²) in [6, 6.07) is 0.518. The maximum absolute atomic E-state index is 4.53. The molecule has 1 rings (SSSR count). The fraction of sp³-hybridized carbons (Fsp3) is 0.700. The second kappa shape index (κ2) is 5.32. The number of anilines is 1. The maximum Gasteiger partial charge on any atom is 0.185 e. The molecule has 1 aromatic heterocycles. The molecule has 0 fully saturated rings. The van der Waals surface area contributed by atoms with Crippen LogP contribution in [-0.4, -0.2) is 24.6 Å². The Kier molecular flexibility index (Phi) is 4.35. The predicted molar refractivity (Wildman–Crippen MR) is 63.0 cm³/mol. The Morgan fingerprint density at radius 2 is 2.29 bits per heavy atom. The predicted octanol–water partition coefficient (Wildman–Crippen LogP) is 2.10. The third kappa shape index (κ3) is 3.27. The zero-order chi connectivity index (χ0) is 10.6. The van der Waals surface area contributed by atoms with Crippen molar-refractivity contribution in [3.63, 3.8) is 0 Å². The molecule has 80 valence electrons. The van der Waals surface area contributed by atoms with Crippen molar-refractivity contribution >= 4 is 16.5 Å². The van der Waals surface area contributed by atoms with Gasteiger partial charge in [-0.05, 0) is 6.92 Å². The van der Waals surface area contributed by atoms with Gasteiger partial charge in [0.15, 0.2) is 5.13 Å². The van der Waals surface area contributed by atoms with E-state index in [1.807, 2.05) is 0 Å². The lowest BCUT2D eigenvalue weighted by molar-refractivity contribution is 0.583. The van der Waals surface area contributed by atoms with Gasteiger partial charge in [0, 0.05) is 31.6 Å². The Morgan fingerprint density at radius 1 is 1.57 bits per heavy atom. The molecular formula is C10H19N3S. The second-order valence-electron chi connectivity index (χ2n) is 3.67.